The van der Waals surface area contributed by atoms with Gasteiger partial charge >= 0.3 is 0 Å². The number of hydrogen-bond donors (Lipinski definition) is 1. The van der Waals surface area contributed by atoms with E-state index in [0.29, 0.717) is 22.6 Å². The van der Waals surface area contributed by atoms with Gasteiger partial charge in [0.1, 0.15) is 17.7 Å². The minimum Gasteiger partial charge on any atom is -0.351 e. The Morgan fingerprint density at radius 2 is 1.91 bits per heavy atom. The first kappa shape index (κ1) is 28.7. The molecule has 12 heteroatoms. The second-order valence-corrected chi connectivity index (χ2v) is 11.5. The number of alkyl halides is 2. The van der Waals surface area contributed by atoms with Crippen molar-refractivity contribution in [3.63, 3.8) is 0 Å². The third-order valence-corrected chi connectivity index (χ3v) is 8.59. The predicted molar refractivity (Wildman–Crippen MR) is 151 cm³/mol. The summed E-state index contributed by atoms with van der Waals surface area (Å²) < 4.78 is 42.2. The van der Waals surface area contributed by atoms with Crippen LogP contribution >= 0.6 is 11.6 Å². The third kappa shape index (κ3) is 4.99. The minimum atomic E-state index is -2.90. The number of hydrogen-bond acceptors (Lipinski definition) is 5. The number of aromatic nitrogens is 1. The molecule has 220 valence electrons. The zero-order chi connectivity index (χ0) is 30.5. The highest BCUT2D eigenvalue weighted by molar-refractivity contribution is 6.30. The number of nitriles is 1. The number of carbonyl (C=O) groups is 3. The molecule has 2 aromatic carbocycles. The van der Waals surface area contributed by atoms with Gasteiger partial charge in [-0.1, -0.05) is 23.7 Å². The van der Waals surface area contributed by atoms with Crippen molar-refractivity contribution in [1.29, 1.82) is 5.26 Å². The molecule has 3 aliphatic rings. The van der Waals surface area contributed by atoms with Gasteiger partial charge in [-0.3, -0.25) is 24.2 Å². The van der Waals surface area contributed by atoms with Crippen molar-refractivity contribution in [2.45, 2.75) is 62.1 Å². The average molecular weight is 608 g/mol. The first-order chi connectivity index (χ1) is 20.5. The molecule has 0 radical (unpaired) electrons. The van der Waals surface area contributed by atoms with Crippen molar-refractivity contribution in [2.24, 2.45) is 0 Å². The maximum absolute atomic E-state index is 14.8. The van der Waals surface area contributed by atoms with E-state index in [1.165, 1.54) is 46.3 Å². The van der Waals surface area contributed by atoms with E-state index in [9.17, 15) is 32.8 Å². The van der Waals surface area contributed by atoms with Gasteiger partial charge in [0.05, 0.1) is 11.6 Å². The molecule has 1 aromatic heterocycles. The SMILES string of the molecule is N#Cc1ccnc(N2C(=O)CC[C@H]2C(=O)N(c2cccc(F)c2)[C@@]2(C(=O)NC3CC(F)(F)C3)CCc3cc(Cl)ccc32)c1. The Kier molecular flexibility index (Phi) is 7.13. The van der Waals surface area contributed by atoms with Gasteiger partial charge < -0.3 is 5.32 Å². The molecule has 8 nitrogen and oxygen atoms in total. The largest absolute Gasteiger partial charge is 0.351 e. The van der Waals surface area contributed by atoms with Crippen molar-refractivity contribution in [2.75, 3.05) is 9.80 Å². The van der Waals surface area contributed by atoms with Gasteiger partial charge in [0.2, 0.25) is 5.91 Å². The Hall–Kier alpha value is -4.43. The molecule has 1 N–H and O–H groups in total. The molecule has 2 atom stereocenters. The van der Waals surface area contributed by atoms with Crippen LogP contribution in [0.4, 0.5) is 24.7 Å². The lowest BCUT2D eigenvalue weighted by Crippen LogP contribution is -2.64. The van der Waals surface area contributed by atoms with Crippen molar-refractivity contribution in [3.05, 3.63) is 88.3 Å². The number of halogens is 4. The molecule has 0 unspecified atom stereocenters. The zero-order valence-corrected chi connectivity index (χ0v) is 23.5. The number of benzene rings is 2. The molecule has 0 bridgehead atoms. The highest BCUT2D eigenvalue weighted by atomic mass is 35.5. The number of aryl methyl sites for hydroxylation is 1. The molecule has 43 heavy (non-hydrogen) atoms. The predicted octanol–water partition coefficient (Wildman–Crippen LogP) is 5.03. The number of nitrogens with one attached hydrogen (secondary N) is 1. The van der Waals surface area contributed by atoms with Crippen molar-refractivity contribution in [3.8, 4) is 6.07 Å². The fourth-order valence-corrected chi connectivity index (χ4v) is 6.58. The van der Waals surface area contributed by atoms with Crippen molar-refractivity contribution < 1.29 is 27.6 Å². The molecule has 1 saturated heterocycles. The summed E-state index contributed by atoms with van der Waals surface area (Å²) in [6.45, 7) is 0. The van der Waals surface area contributed by atoms with Crippen LogP contribution in [-0.4, -0.2) is 40.7 Å². The molecule has 2 fully saturated rings. The molecule has 1 saturated carbocycles. The van der Waals surface area contributed by atoms with Crippen LogP contribution in [0, 0.1) is 17.1 Å². The highest BCUT2D eigenvalue weighted by Gasteiger charge is 2.57. The number of pyridine rings is 1. The molecule has 3 amide bonds. The molecular weight excluding hydrogens is 583 g/mol. The van der Waals surface area contributed by atoms with Crippen LogP contribution in [0.2, 0.25) is 5.02 Å². The second-order valence-electron chi connectivity index (χ2n) is 11.1. The van der Waals surface area contributed by atoms with Crippen LogP contribution in [0.25, 0.3) is 0 Å². The standard InChI is InChI=1S/C31H25ClF3N5O3/c32-20-4-5-24-19(13-20)8-10-31(24,29(43)38-22-15-30(34,35)16-22)40(23-3-1-2-21(33)14-23)28(42)25-6-7-27(41)39(25)26-12-18(17-36)9-11-37-26/h1-5,9,11-14,22,25H,6-8,10,15-16H2,(H,38,43)/t25-,31-/m0/s1. The van der Waals surface area contributed by atoms with E-state index in [1.54, 1.807) is 18.2 Å². The van der Waals surface area contributed by atoms with E-state index in [-0.39, 0.29) is 36.3 Å². The molecular formula is C31H25ClF3N5O3. The molecule has 2 aliphatic carbocycles. The summed E-state index contributed by atoms with van der Waals surface area (Å²) in [6.07, 6.45) is 0.719. The lowest BCUT2D eigenvalue weighted by atomic mass is 9.83. The summed E-state index contributed by atoms with van der Waals surface area (Å²) in [5, 5.41) is 12.5. The lowest BCUT2D eigenvalue weighted by Gasteiger charge is -2.45. The van der Waals surface area contributed by atoms with E-state index in [4.69, 9.17) is 11.6 Å². The van der Waals surface area contributed by atoms with E-state index >= 15 is 0 Å². The maximum Gasteiger partial charge on any atom is 0.252 e. The number of rotatable bonds is 6. The third-order valence-electron chi connectivity index (χ3n) is 8.36. The first-order valence-corrected chi connectivity index (χ1v) is 14.2. The average Bonchev–Trinajstić information content (AvgIpc) is 3.53. The Bertz CT molecular complexity index is 1690. The second kappa shape index (κ2) is 10.7. The topological polar surface area (TPSA) is 106 Å². The van der Waals surface area contributed by atoms with Crippen LogP contribution in [0.15, 0.2) is 60.8 Å². The van der Waals surface area contributed by atoms with Gasteiger partial charge in [0.25, 0.3) is 17.7 Å². The molecule has 1 aliphatic heterocycles. The summed E-state index contributed by atoms with van der Waals surface area (Å²) in [7, 11) is 0. The van der Waals surface area contributed by atoms with E-state index in [1.807, 2.05) is 6.07 Å². The Morgan fingerprint density at radius 1 is 1.12 bits per heavy atom. The summed E-state index contributed by atoms with van der Waals surface area (Å²) in [5.41, 5.74) is -0.376. The fourth-order valence-electron chi connectivity index (χ4n) is 6.39. The smallest absolute Gasteiger partial charge is 0.252 e. The van der Waals surface area contributed by atoms with Crippen LogP contribution in [-0.2, 0) is 26.3 Å². The maximum atomic E-state index is 14.8. The Balaban J connectivity index is 1.50. The zero-order valence-electron chi connectivity index (χ0n) is 22.7. The van der Waals surface area contributed by atoms with E-state index in [2.05, 4.69) is 10.3 Å². The Morgan fingerprint density at radius 3 is 2.63 bits per heavy atom. The number of nitrogens with zero attached hydrogens (tertiary/aromatic N) is 4. The minimum absolute atomic E-state index is 0.00555. The number of amides is 3. The number of anilines is 2. The Labute approximate surface area is 250 Å². The highest BCUT2D eigenvalue weighted by Crippen LogP contribution is 2.47. The quantitative estimate of drug-likeness (QED) is 0.423. The van der Waals surface area contributed by atoms with Gasteiger partial charge in [-0.05, 0) is 72.9 Å². The van der Waals surface area contributed by atoms with Gasteiger partial charge in [-0.2, -0.15) is 5.26 Å². The molecule has 3 aromatic rings. The van der Waals surface area contributed by atoms with Gasteiger partial charge in [-0.25, -0.2) is 18.2 Å². The van der Waals surface area contributed by atoms with Gasteiger partial charge in [0, 0.05) is 42.2 Å². The fraction of sp³-hybridized carbons (Fsp3) is 0.323. The summed E-state index contributed by atoms with van der Waals surface area (Å²) in [6, 6.07) is 12.9. The van der Waals surface area contributed by atoms with Crippen LogP contribution in [0.3, 0.4) is 0 Å². The normalized spacial score (nSPS) is 22.4. The van der Waals surface area contributed by atoms with Gasteiger partial charge in [0.15, 0.2) is 5.54 Å². The van der Waals surface area contributed by atoms with E-state index < -0.39 is 59.9 Å². The van der Waals surface area contributed by atoms with E-state index in [0.717, 1.165) is 6.07 Å². The summed E-state index contributed by atoms with van der Waals surface area (Å²) >= 11 is 6.27. The van der Waals surface area contributed by atoms with Crippen LogP contribution in [0.1, 0.15) is 48.8 Å². The summed E-state index contributed by atoms with van der Waals surface area (Å²) in [4.78, 5) is 48.9. The van der Waals surface area contributed by atoms with Crippen LogP contribution < -0.4 is 15.1 Å². The lowest BCUT2D eigenvalue weighted by molar-refractivity contribution is -0.137. The molecule has 2 heterocycles. The van der Waals surface area contributed by atoms with Crippen molar-refractivity contribution >= 4 is 40.8 Å². The number of carbonyl (C=O) groups excluding carboxylic acids is 3. The van der Waals surface area contributed by atoms with Gasteiger partial charge in [-0.15, -0.1) is 0 Å². The molecule has 6 rings (SSSR count). The summed E-state index contributed by atoms with van der Waals surface area (Å²) in [5.74, 6) is -5.26. The monoisotopic (exact) mass is 607 g/mol. The number of fused-ring (bicyclic) bond motifs is 1. The van der Waals surface area contributed by atoms with Crippen LogP contribution in [0.5, 0.6) is 0 Å². The molecule has 0 spiro atoms. The van der Waals surface area contributed by atoms with Crippen molar-refractivity contribution in [1.82, 2.24) is 10.3 Å². The first-order valence-electron chi connectivity index (χ1n) is 13.8.